The van der Waals surface area contributed by atoms with E-state index in [2.05, 4.69) is 5.32 Å². The van der Waals surface area contributed by atoms with Gasteiger partial charge in [-0.3, -0.25) is 9.59 Å². The van der Waals surface area contributed by atoms with Crippen LogP contribution in [0.15, 0.2) is 48.5 Å². The molecule has 1 fully saturated rings. The van der Waals surface area contributed by atoms with Crippen molar-refractivity contribution in [2.45, 2.75) is 19.5 Å². The highest BCUT2D eigenvalue weighted by Crippen LogP contribution is 2.55. The van der Waals surface area contributed by atoms with Crippen LogP contribution in [0.3, 0.4) is 0 Å². The molecule has 162 valence electrons. The number of amides is 1. The molecule has 1 amide bonds. The van der Waals surface area contributed by atoms with Gasteiger partial charge in [0.15, 0.2) is 5.78 Å². The fourth-order valence-electron chi connectivity index (χ4n) is 4.46. The molecule has 2 N–H and O–H groups in total. The first kappa shape index (κ1) is 21.3. The number of Topliss-reactive ketones (excluding diaryl/α,β-unsaturated/α-hetero) is 1. The standard InChI is InChI=1S/C24H22F3NO3/c1-13(12-29)21-18-10-9-16-17(23(31)22(18)21)3-2-4-19(16)28-20(30)11-14-5-7-15(8-6-14)24(25,26)27/h2-10,13,18,21-22,29H,11-12H2,1H3,(H,28,30)/t13-,18?,21?,22?/m0/s1. The van der Waals surface area contributed by atoms with Gasteiger partial charge in [-0.2, -0.15) is 13.2 Å². The van der Waals surface area contributed by atoms with E-state index in [1.165, 1.54) is 12.1 Å². The summed E-state index contributed by atoms with van der Waals surface area (Å²) >= 11 is 0. The minimum atomic E-state index is -4.42. The van der Waals surface area contributed by atoms with E-state index in [1.54, 1.807) is 18.2 Å². The minimum Gasteiger partial charge on any atom is -0.396 e. The van der Waals surface area contributed by atoms with Crippen molar-refractivity contribution < 1.29 is 27.9 Å². The molecule has 7 heteroatoms. The summed E-state index contributed by atoms with van der Waals surface area (Å²) in [5.41, 5.74) is 1.36. The number of benzene rings is 2. The van der Waals surface area contributed by atoms with E-state index in [0.717, 1.165) is 12.1 Å². The normalized spacial score (nSPS) is 22.9. The zero-order valence-electron chi connectivity index (χ0n) is 16.8. The van der Waals surface area contributed by atoms with Crippen LogP contribution in [0.2, 0.25) is 0 Å². The number of halogens is 3. The number of carbonyl (C=O) groups is 2. The molecule has 1 saturated carbocycles. The number of rotatable bonds is 5. The fraction of sp³-hybridized carbons (Fsp3) is 0.333. The van der Waals surface area contributed by atoms with Crippen molar-refractivity contribution in [1.29, 1.82) is 0 Å². The number of anilines is 1. The van der Waals surface area contributed by atoms with Gasteiger partial charge in [0, 0.05) is 29.3 Å². The molecular weight excluding hydrogens is 407 g/mol. The van der Waals surface area contributed by atoms with Gasteiger partial charge in [0.05, 0.1) is 12.0 Å². The molecule has 0 aromatic heterocycles. The Kier molecular flexibility index (Phi) is 5.47. The van der Waals surface area contributed by atoms with Crippen molar-refractivity contribution in [3.8, 4) is 0 Å². The zero-order chi connectivity index (χ0) is 22.3. The van der Waals surface area contributed by atoms with E-state index in [4.69, 9.17) is 0 Å². The number of aliphatic hydroxyl groups is 1. The number of ketones is 1. The first-order valence-corrected chi connectivity index (χ1v) is 10.1. The van der Waals surface area contributed by atoms with Crippen LogP contribution in [-0.4, -0.2) is 23.4 Å². The fourth-order valence-corrected chi connectivity index (χ4v) is 4.46. The maximum atomic E-state index is 13.0. The van der Waals surface area contributed by atoms with Gasteiger partial charge in [0.2, 0.25) is 5.91 Å². The van der Waals surface area contributed by atoms with Crippen molar-refractivity contribution in [1.82, 2.24) is 0 Å². The van der Waals surface area contributed by atoms with E-state index >= 15 is 0 Å². The summed E-state index contributed by atoms with van der Waals surface area (Å²) in [6, 6.07) is 9.61. The molecule has 2 aliphatic rings. The summed E-state index contributed by atoms with van der Waals surface area (Å²) in [6.45, 7) is 1.96. The van der Waals surface area contributed by atoms with Crippen LogP contribution in [0, 0.1) is 23.7 Å². The lowest BCUT2D eigenvalue weighted by molar-refractivity contribution is -0.137. The summed E-state index contributed by atoms with van der Waals surface area (Å²) in [7, 11) is 0. The first-order chi connectivity index (χ1) is 14.7. The Morgan fingerprint density at radius 2 is 1.87 bits per heavy atom. The number of alkyl halides is 3. The van der Waals surface area contributed by atoms with Crippen LogP contribution in [0.5, 0.6) is 0 Å². The van der Waals surface area contributed by atoms with Gasteiger partial charge in [0.25, 0.3) is 0 Å². The molecule has 0 aliphatic heterocycles. The van der Waals surface area contributed by atoms with Crippen molar-refractivity contribution in [3.63, 3.8) is 0 Å². The Labute approximate surface area is 177 Å². The number of hydrogen-bond acceptors (Lipinski definition) is 3. The molecule has 0 saturated heterocycles. The first-order valence-electron chi connectivity index (χ1n) is 10.1. The zero-order valence-corrected chi connectivity index (χ0v) is 16.8. The van der Waals surface area contributed by atoms with E-state index in [0.29, 0.717) is 22.4 Å². The number of fused-ring (bicyclic) bond motifs is 2. The molecule has 2 aliphatic carbocycles. The van der Waals surface area contributed by atoms with Gasteiger partial charge in [-0.25, -0.2) is 0 Å². The molecule has 0 heterocycles. The summed E-state index contributed by atoms with van der Waals surface area (Å²) in [4.78, 5) is 25.5. The van der Waals surface area contributed by atoms with Crippen LogP contribution in [0.1, 0.15) is 34.0 Å². The lowest BCUT2D eigenvalue weighted by Gasteiger charge is -2.14. The van der Waals surface area contributed by atoms with Gasteiger partial charge in [-0.05, 0) is 41.5 Å². The highest BCUT2D eigenvalue weighted by Gasteiger charge is 2.56. The summed E-state index contributed by atoms with van der Waals surface area (Å²) in [5, 5.41) is 12.2. The monoisotopic (exact) mass is 429 g/mol. The van der Waals surface area contributed by atoms with Crippen LogP contribution in [-0.2, 0) is 17.4 Å². The van der Waals surface area contributed by atoms with E-state index in [9.17, 15) is 27.9 Å². The second kappa shape index (κ2) is 7.96. The lowest BCUT2D eigenvalue weighted by Crippen LogP contribution is -2.17. The molecular formula is C24H22F3NO3. The quantitative estimate of drug-likeness (QED) is 0.731. The largest absolute Gasteiger partial charge is 0.416 e. The Balaban J connectivity index is 1.50. The molecule has 2 aromatic carbocycles. The van der Waals surface area contributed by atoms with Crippen molar-refractivity contribution in [3.05, 3.63) is 70.8 Å². The molecule has 0 radical (unpaired) electrons. The molecule has 4 nitrogen and oxygen atoms in total. The predicted octanol–water partition coefficient (Wildman–Crippen LogP) is 4.59. The maximum Gasteiger partial charge on any atom is 0.416 e. The molecule has 4 rings (SSSR count). The topological polar surface area (TPSA) is 66.4 Å². The summed E-state index contributed by atoms with van der Waals surface area (Å²) in [6.07, 6.45) is -0.691. The number of carbonyl (C=O) groups excluding carboxylic acids is 2. The predicted molar refractivity (Wildman–Crippen MR) is 110 cm³/mol. The molecule has 0 spiro atoms. The van der Waals surface area contributed by atoms with Gasteiger partial charge in [0.1, 0.15) is 0 Å². The highest BCUT2D eigenvalue weighted by atomic mass is 19.4. The maximum absolute atomic E-state index is 13.0. The van der Waals surface area contributed by atoms with E-state index in [-0.39, 0.29) is 48.4 Å². The molecule has 31 heavy (non-hydrogen) atoms. The van der Waals surface area contributed by atoms with Crippen LogP contribution < -0.4 is 5.32 Å². The SMILES string of the molecule is C[C@@H](CO)C1C2C=Cc3c(NC(=O)Cc4ccc(C(F)(F)F)cc4)cccc3C(=O)C21. The number of nitrogens with one attached hydrogen (secondary N) is 1. The van der Waals surface area contributed by atoms with Gasteiger partial charge < -0.3 is 10.4 Å². The van der Waals surface area contributed by atoms with Crippen molar-refractivity contribution >= 4 is 23.5 Å². The van der Waals surface area contributed by atoms with Crippen molar-refractivity contribution in [2.24, 2.45) is 23.7 Å². The van der Waals surface area contributed by atoms with Gasteiger partial charge >= 0.3 is 6.18 Å². The molecule has 4 atom stereocenters. The average Bonchev–Trinajstić information content (AvgIpc) is 3.46. The summed E-state index contributed by atoms with van der Waals surface area (Å²) in [5.74, 6) is -0.281. The van der Waals surface area contributed by atoms with Crippen LogP contribution >= 0.6 is 0 Å². The summed E-state index contributed by atoms with van der Waals surface area (Å²) < 4.78 is 38.1. The van der Waals surface area contributed by atoms with Gasteiger partial charge in [-0.15, -0.1) is 0 Å². The van der Waals surface area contributed by atoms with Crippen molar-refractivity contribution in [2.75, 3.05) is 11.9 Å². The molecule has 2 aromatic rings. The Hall–Kier alpha value is -2.93. The third-order valence-corrected chi connectivity index (χ3v) is 6.16. The van der Waals surface area contributed by atoms with Crippen LogP contribution in [0.4, 0.5) is 18.9 Å². The molecule has 3 unspecified atom stereocenters. The lowest BCUT2D eigenvalue weighted by atomic mass is 9.95. The second-order valence-electron chi connectivity index (χ2n) is 8.25. The average molecular weight is 429 g/mol. The van der Waals surface area contributed by atoms with Gasteiger partial charge in [-0.1, -0.05) is 43.3 Å². The highest BCUT2D eigenvalue weighted by molar-refractivity contribution is 6.07. The Morgan fingerprint density at radius 3 is 2.52 bits per heavy atom. The second-order valence-corrected chi connectivity index (χ2v) is 8.25. The number of hydrogen-bond donors (Lipinski definition) is 2. The minimum absolute atomic E-state index is 0.00846. The van der Waals surface area contributed by atoms with Crippen LogP contribution in [0.25, 0.3) is 6.08 Å². The third-order valence-electron chi connectivity index (χ3n) is 6.16. The molecule has 0 bridgehead atoms. The van der Waals surface area contributed by atoms with E-state index in [1.807, 2.05) is 19.1 Å². The number of aliphatic hydroxyl groups excluding tert-OH is 1. The number of allylic oxidation sites excluding steroid dienone is 1. The Bertz CT molecular complexity index is 1040. The third kappa shape index (κ3) is 4.14. The van der Waals surface area contributed by atoms with E-state index < -0.39 is 11.7 Å². The Morgan fingerprint density at radius 1 is 1.16 bits per heavy atom. The smallest absolute Gasteiger partial charge is 0.396 e.